The largest absolute Gasteiger partial charge is 0.495 e. The normalized spacial score (nSPS) is 10.5. The second-order valence-corrected chi connectivity index (χ2v) is 4.43. The van der Waals surface area contributed by atoms with Crippen LogP contribution in [0.15, 0.2) is 42.5 Å². The van der Waals surface area contributed by atoms with Gasteiger partial charge in [0.2, 0.25) is 0 Å². The van der Waals surface area contributed by atoms with Crippen molar-refractivity contribution in [3.8, 4) is 16.9 Å². The number of rotatable bonds is 3. The zero-order valence-electron chi connectivity index (χ0n) is 9.81. The minimum atomic E-state index is -0.0208. The van der Waals surface area contributed by atoms with Crippen LogP contribution in [0.5, 0.6) is 5.75 Å². The molecule has 0 spiro atoms. The van der Waals surface area contributed by atoms with E-state index in [9.17, 15) is 4.57 Å². The van der Waals surface area contributed by atoms with E-state index in [1.165, 1.54) is 5.56 Å². The van der Waals surface area contributed by atoms with Gasteiger partial charge in [0, 0.05) is 5.56 Å². The van der Waals surface area contributed by atoms with Crippen molar-refractivity contribution < 1.29 is 9.30 Å². The molecule has 0 heterocycles. The number of para-hydroxylation sites is 1. The highest BCUT2D eigenvalue weighted by Gasteiger charge is 2.11. The van der Waals surface area contributed by atoms with Gasteiger partial charge < -0.3 is 4.74 Å². The fourth-order valence-electron chi connectivity index (χ4n) is 1.90. The Morgan fingerprint density at radius 3 is 2.35 bits per heavy atom. The molecule has 17 heavy (non-hydrogen) atoms. The average Bonchev–Trinajstić information content (AvgIpc) is 2.38. The third kappa shape index (κ3) is 2.22. The van der Waals surface area contributed by atoms with Gasteiger partial charge in [0.15, 0.2) is 8.46 Å². The van der Waals surface area contributed by atoms with Gasteiger partial charge in [-0.2, -0.15) is 0 Å². The van der Waals surface area contributed by atoms with Crippen molar-refractivity contribution in [2.45, 2.75) is 6.92 Å². The number of aryl methyl sites for hydroxylation is 1. The summed E-state index contributed by atoms with van der Waals surface area (Å²) in [7, 11) is 1.58. The lowest BCUT2D eigenvalue weighted by atomic mass is 10.00. The zero-order chi connectivity index (χ0) is 12.3. The first-order valence-corrected chi connectivity index (χ1v) is 6.15. The van der Waals surface area contributed by atoms with Crippen molar-refractivity contribution in [1.29, 1.82) is 0 Å². The molecule has 0 saturated heterocycles. The molecule has 0 atom stereocenters. The Hall–Kier alpha value is -1.66. The lowest BCUT2D eigenvalue weighted by Gasteiger charge is -2.12. The Kier molecular flexibility index (Phi) is 3.55. The van der Waals surface area contributed by atoms with Gasteiger partial charge in [0.05, 0.1) is 12.4 Å². The molecule has 0 saturated carbocycles. The summed E-state index contributed by atoms with van der Waals surface area (Å²) in [5.41, 5.74) is 3.26. The minimum absolute atomic E-state index is 0.0208. The van der Waals surface area contributed by atoms with Crippen molar-refractivity contribution in [2.75, 3.05) is 7.11 Å². The summed E-state index contributed by atoms with van der Waals surface area (Å²) in [5, 5.41) is 0.674. The van der Waals surface area contributed by atoms with E-state index in [0.29, 0.717) is 11.1 Å². The molecule has 86 valence electrons. The second kappa shape index (κ2) is 5.11. The molecule has 2 aromatic carbocycles. The third-order valence-corrected chi connectivity index (χ3v) is 3.28. The van der Waals surface area contributed by atoms with Crippen LogP contribution in [-0.2, 0) is 4.57 Å². The van der Waals surface area contributed by atoms with Crippen molar-refractivity contribution >= 4 is 13.8 Å². The third-order valence-electron chi connectivity index (χ3n) is 2.73. The first kappa shape index (κ1) is 11.8. The molecule has 0 aromatic heterocycles. The molecule has 0 bridgehead atoms. The van der Waals surface area contributed by atoms with Gasteiger partial charge in [-0.25, -0.2) is 0 Å². The SMILES string of the molecule is COc1c(P=O)cccc1-c1ccccc1C. The molecule has 0 radical (unpaired) electrons. The molecule has 0 aliphatic heterocycles. The van der Waals surface area contributed by atoms with Crippen LogP contribution in [0.3, 0.4) is 0 Å². The maximum absolute atomic E-state index is 11.1. The Morgan fingerprint density at radius 2 is 1.71 bits per heavy atom. The van der Waals surface area contributed by atoms with E-state index < -0.39 is 0 Å². The molecular formula is C14H13O2P. The van der Waals surface area contributed by atoms with Crippen molar-refractivity contribution in [2.24, 2.45) is 0 Å². The second-order valence-electron chi connectivity index (χ2n) is 3.76. The summed E-state index contributed by atoms with van der Waals surface area (Å²) in [5.74, 6) is 0.679. The van der Waals surface area contributed by atoms with Crippen LogP contribution in [0.2, 0.25) is 0 Å². The van der Waals surface area contributed by atoms with Crippen molar-refractivity contribution in [3.05, 3.63) is 48.0 Å². The van der Waals surface area contributed by atoms with Crippen LogP contribution < -0.4 is 10.0 Å². The molecule has 0 N–H and O–H groups in total. The van der Waals surface area contributed by atoms with E-state index in [1.807, 2.05) is 30.3 Å². The monoisotopic (exact) mass is 244 g/mol. The molecule has 0 aliphatic rings. The maximum atomic E-state index is 11.1. The molecule has 0 unspecified atom stereocenters. The lowest BCUT2D eigenvalue weighted by molar-refractivity contribution is 0.419. The summed E-state index contributed by atoms with van der Waals surface area (Å²) in [6, 6.07) is 13.8. The molecule has 0 amide bonds. The van der Waals surface area contributed by atoms with Gasteiger partial charge in [-0.3, -0.25) is 4.57 Å². The minimum Gasteiger partial charge on any atom is -0.495 e. The summed E-state index contributed by atoms with van der Waals surface area (Å²) < 4.78 is 16.4. The van der Waals surface area contributed by atoms with Crippen molar-refractivity contribution in [1.82, 2.24) is 0 Å². The standard InChI is InChI=1S/C14H13O2P/c1-10-6-3-4-7-11(10)12-8-5-9-13(17-15)14(12)16-2/h3-9H,1-2H3. The van der Waals surface area contributed by atoms with E-state index >= 15 is 0 Å². The van der Waals surface area contributed by atoms with Crippen LogP contribution in [0, 0.1) is 6.92 Å². The molecule has 0 aliphatic carbocycles. The number of ether oxygens (including phenoxy) is 1. The Morgan fingerprint density at radius 1 is 1.00 bits per heavy atom. The lowest BCUT2D eigenvalue weighted by Crippen LogP contribution is -2.01. The molecule has 3 heteroatoms. The highest BCUT2D eigenvalue weighted by Crippen LogP contribution is 2.31. The molecule has 0 fully saturated rings. The zero-order valence-corrected chi connectivity index (χ0v) is 10.7. The molecule has 2 rings (SSSR count). The Bertz CT molecular complexity index is 550. The Labute approximate surface area is 102 Å². The fraction of sp³-hybridized carbons (Fsp3) is 0.143. The fourth-order valence-corrected chi connectivity index (χ4v) is 2.34. The van der Waals surface area contributed by atoms with Gasteiger partial charge >= 0.3 is 0 Å². The summed E-state index contributed by atoms with van der Waals surface area (Å²) in [6.45, 7) is 2.05. The number of hydrogen-bond acceptors (Lipinski definition) is 2. The number of hydrogen-bond donors (Lipinski definition) is 0. The average molecular weight is 244 g/mol. The molecule has 2 aromatic rings. The van der Waals surface area contributed by atoms with Crippen LogP contribution in [0.25, 0.3) is 11.1 Å². The van der Waals surface area contributed by atoms with Gasteiger partial charge in [-0.05, 0) is 24.1 Å². The van der Waals surface area contributed by atoms with Gasteiger partial charge in [0.1, 0.15) is 5.75 Å². The summed E-state index contributed by atoms with van der Waals surface area (Å²) in [4.78, 5) is 0. The highest BCUT2D eigenvalue weighted by atomic mass is 31.1. The number of benzene rings is 2. The van der Waals surface area contributed by atoms with Gasteiger partial charge in [-0.1, -0.05) is 36.4 Å². The van der Waals surface area contributed by atoms with Crippen LogP contribution >= 0.6 is 8.46 Å². The van der Waals surface area contributed by atoms with E-state index in [4.69, 9.17) is 4.74 Å². The quantitative estimate of drug-likeness (QED) is 0.771. The predicted octanol–water partition coefficient (Wildman–Crippen LogP) is 3.59. The Balaban J connectivity index is 2.67. The number of methoxy groups -OCH3 is 1. The van der Waals surface area contributed by atoms with Gasteiger partial charge in [0.25, 0.3) is 0 Å². The van der Waals surface area contributed by atoms with E-state index in [2.05, 4.69) is 13.0 Å². The first-order chi connectivity index (χ1) is 8.27. The predicted molar refractivity (Wildman–Crippen MR) is 70.4 cm³/mol. The van der Waals surface area contributed by atoms with Crippen LogP contribution in [0.1, 0.15) is 5.56 Å². The smallest absolute Gasteiger partial charge is 0.196 e. The topological polar surface area (TPSA) is 26.3 Å². The van der Waals surface area contributed by atoms with Crippen LogP contribution in [0.4, 0.5) is 0 Å². The molecular weight excluding hydrogens is 231 g/mol. The highest BCUT2D eigenvalue weighted by molar-refractivity contribution is 7.34. The van der Waals surface area contributed by atoms with E-state index in [0.717, 1.165) is 11.1 Å². The van der Waals surface area contributed by atoms with Crippen molar-refractivity contribution in [3.63, 3.8) is 0 Å². The van der Waals surface area contributed by atoms with E-state index in [-0.39, 0.29) is 8.46 Å². The molecule has 2 nitrogen and oxygen atoms in total. The summed E-state index contributed by atoms with van der Waals surface area (Å²) >= 11 is 0. The van der Waals surface area contributed by atoms with Gasteiger partial charge in [-0.15, -0.1) is 0 Å². The maximum Gasteiger partial charge on any atom is 0.196 e. The first-order valence-electron chi connectivity index (χ1n) is 5.34. The van der Waals surface area contributed by atoms with Crippen LogP contribution in [-0.4, -0.2) is 7.11 Å². The summed E-state index contributed by atoms with van der Waals surface area (Å²) in [6.07, 6.45) is 0. The van der Waals surface area contributed by atoms with E-state index in [1.54, 1.807) is 13.2 Å².